The maximum Gasteiger partial charge on any atom is 0.241 e. The molecule has 1 aliphatic carbocycles. The molecule has 2 aromatic rings. The van der Waals surface area contributed by atoms with Crippen LogP contribution in [0.3, 0.4) is 0 Å². The molecule has 188 valence electrons. The molecule has 0 bridgehead atoms. The minimum absolute atomic E-state index is 0.0407. The maximum absolute atomic E-state index is 13.1. The zero-order valence-electron chi connectivity index (χ0n) is 20.2. The van der Waals surface area contributed by atoms with Crippen LogP contribution in [0.1, 0.15) is 53.7 Å². The second-order valence-corrected chi connectivity index (χ2v) is 12.1. The molecule has 35 heavy (non-hydrogen) atoms. The Morgan fingerprint density at radius 1 is 1.31 bits per heavy atom. The van der Waals surface area contributed by atoms with Gasteiger partial charge in [0.25, 0.3) is 0 Å². The third kappa shape index (κ3) is 5.70. The largest absolute Gasteiger partial charge is 0.495 e. The number of benzene rings is 1. The third-order valence-electron chi connectivity index (χ3n) is 7.03. The molecule has 2 aliphatic rings. The van der Waals surface area contributed by atoms with Gasteiger partial charge in [0.05, 0.1) is 19.1 Å². The van der Waals surface area contributed by atoms with Crippen molar-refractivity contribution in [1.29, 1.82) is 5.26 Å². The third-order valence-corrected chi connectivity index (χ3v) is 9.35. The number of nitriles is 1. The molecule has 0 spiro atoms. The van der Waals surface area contributed by atoms with Gasteiger partial charge in [-0.3, -0.25) is 9.69 Å². The number of likely N-dealkylation sites (N-methyl/N-ethyl adjacent to an activating group) is 1. The maximum atomic E-state index is 13.1. The zero-order chi connectivity index (χ0) is 25.2. The van der Waals surface area contributed by atoms with Gasteiger partial charge in [-0.15, -0.1) is 11.3 Å². The smallest absolute Gasteiger partial charge is 0.241 e. The average molecular weight is 517 g/mol. The number of rotatable bonds is 7. The van der Waals surface area contributed by atoms with E-state index < -0.39 is 10.0 Å². The highest BCUT2D eigenvalue weighted by molar-refractivity contribution is 7.89. The standard InChI is InChI=1S/C25H32N4O4S2/c1-28(24(30)13-18-8-9-23(35(27,31)32)21(12-18)33-2)25-19(14-26)20-16-29(11-10-22(20)34-25)15-17-6-4-3-5-7-17/h8-9,12,17H,3-7,10-11,13,15-16H2,1-2H3,(H2,27,31,32). The summed E-state index contributed by atoms with van der Waals surface area (Å²) in [6.07, 6.45) is 7.51. The first-order chi connectivity index (χ1) is 16.7. The fraction of sp³-hybridized carbons (Fsp3) is 0.520. The topological polar surface area (TPSA) is 117 Å². The molecule has 10 heteroatoms. The van der Waals surface area contributed by atoms with Gasteiger partial charge in [-0.2, -0.15) is 5.26 Å². The predicted octanol–water partition coefficient (Wildman–Crippen LogP) is 3.42. The van der Waals surface area contributed by atoms with Gasteiger partial charge >= 0.3 is 0 Å². The first-order valence-corrected chi connectivity index (χ1v) is 14.3. The molecular weight excluding hydrogens is 484 g/mol. The van der Waals surface area contributed by atoms with E-state index in [-0.39, 0.29) is 23.0 Å². The van der Waals surface area contributed by atoms with E-state index in [1.54, 1.807) is 18.0 Å². The Labute approximate surface area is 211 Å². The summed E-state index contributed by atoms with van der Waals surface area (Å²) in [4.78, 5) is 18.2. The summed E-state index contributed by atoms with van der Waals surface area (Å²) in [5, 5.41) is 15.9. The second-order valence-electron chi connectivity index (χ2n) is 9.44. The number of carbonyl (C=O) groups is 1. The second kappa shape index (κ2) is 10.7. The lowest BCUT2D eigenvalue weighted by atomic mass is 9.88. The number of nitrogens with zero attached hydrogens (tertiary/aromatic N) is 3. The molecule has 0 unspecified atom stereocenters. The van der Waals surface area contributed by atoms with Crippen molar-refractivity contribution in [2.75, 3.05) is 32.1 Å². The number of ether oxygens (including phenoxy) is 1. The quantitative estimate of drug-likeness (QED) is 0.603. The van der Waals surface area contributed by atoms with Crippen LogP contribution in [0, 0.1) is 17.2 Å². The number of fused-ring (bicyclic) bond motifs is 1. The van der Waals surface area contributed by atoms with Crippen molar-refractivity contribution in [3.05, 3.63) is 39.8 Å². The molecule has 1 aromatic carbocycles. The molecule has 2 N–H and O–H groups in total. The number of anilines is 1. The van der Waals surface area contributed by atoms with Crippen molar-refractivity contribution in [2.45, 2.75) is 56.4 Å². The molecule has 4 rings (SSSR count). The van der Waals surface area contributed by atoms with E-state index in [1.807, 2.05) is 0 Å². The molecule has 1 amide bonds. The summed E-state index contributed by atoms with van der Waals surface area (Å²) >= 11 is 1.53. The van der Waals surface area contributed by atoms with Gasteiger partial charge in [0.15, 0.2) is 0 Å². The van der Waals surface area contributed by atoms with E-state index >= 15 is 0 Å². The van der Waals surface area contributed by atoms with Gasteiger partial charge in [-0.25, -0.2) is 13.6 Å². The van der Waals surface area contributed by atoms with E-state index in [9.17, 15) is 18.5 Å². The van der Waals surface area contributed by atoms with Crippen LogP contribution >= 0.6 is 11.3 Å². The van der Waals surface area contributed by atoms with Crippen molar-refractivity contribution < 1.29 is 17.9 Å². The average Bonchev–Trinajstić information content (AvgIpc) is 3.21. The van der Waals surface area contributed by atoms with Crippen LogP contribution in [0.2, 0.25) is 0 Å². The predicted molar refractivity (Wildman–Crippen MR) is 136 cm³/mol. The first kappa shape index (κ1) is 25.6. The van der Waals surface area contributed by atoms with Crippen LogP contribution < -0.4 is 14.8 Å². The van der Waals surface area contributed by atoms with Crippen LogP contribution in [0.25, 0.3) is 0 Å². The zero-order valence-corrected chi connectivity index (χ0v) is 21.9. The Morgan fingerprint density at radius 3 is 2.71 bits per heavy atom. The number of carbonyl (C=O) groups excluding carboxylic acids is 1. The molecule has 0 radical (unpaired) electrons. The van der Waals surface area contributed by atoms with Gasteiger partial charge in [0.1, 0.15) is 21.7 Å². The Hall–Kier alpha value is -2.45. The number of nitrogens with two attached hydrogens (primary N) is 1. The molecule has 8 nitrogen and oxygen atoms in total. The lowest BCUT2D eigenvalue weighted by Crippen LogP contribution is -2.35. The number of primary sulfonamides is 1. The highest BCUT2D eigenvalue weighted by Crippen LogP contribution is 2.39. The van der Waals surface area contributed by atoms with Crippen molar-refractivity contribution in [1.82, 2.24) is 4.90 Å². The van der Waals surface area contributed by atoms with Gasteiger partial charge in [0.2, 0.25) is 15.9 Å². The summed E-state index contributed by atoms with van der Waals surface area (Å²) in [5.74, 6) is 0.656. The summed E-state index contributed by atoms with van der Waals surface area (Å²) in [7, 11) is -0.888. The number of thiophene rings is 1. The minimum Gasteiger partial charge on any atom is -0.495 e. The SMILES string of the molecule is COc1cc(CC(=O)N(C)c2sc3c(c2C#N)CN(CC2CCCCC2)CC3)ccc1S(N)(=O)=O. The van der Waals surface area contributed by atoms with Gasteiger partial charge < -0.3 is 9.64 Å². The summed E-state index contributed by atoms with van der Waals surface area (Å²) in [5.41, 5.74) is 2.26. The van der Waals surface area contributed by atoms with Crippen molar-refractivity contribution in [2.24, 2.45) is 11.1 Å². The van der Waals surface area contributed by atoms with Gasteiger partial charge in [0, 0.05) is 37.1 Å². The molecule has 1 saturated carbocycles. The van der Waals surface area contributed by atoms with Gasteiger partial charge in [-0.1, -0.05) is 25.3 Å². The number of hydrogen-bond donors (Lipinski definition) is 1. The van der Waals surface area contributed by atoms with Crippen LogP contribution in [-0.2, 0) is 34.2 Å². The highest BCUT2D eigenvalue weighted by atomic mass is 32.2. The summed E-state index contributed by atoms with van der Waals surface area (Å²) in [6.45, 7) is 2.84. The fourth-order valence-electron chi connectivity index (χ4n) is 5.13. The highest BCUT2D eigenvalue weighted by Gasteiger charge is 2.29. The Morgan fingerprint density at radius 2 is 2.06 bits per heavy atom. The van der Waals surface area contributed by atoms with E-state index in [0.29, 0.717) is 16.1 Å². The molecule has 1 fully saturated rings. The Balaban J connectivity index is 1.50. The fourth-order valence-corrected chi connectivity index (χ4v) is 7.04. The van der Waals surface area contributed by atoms with Crippen LogP contribution in [0.5, 0.6) is 5.75 Å². The normalized spacial score (nSPS) is 17.0. The first-order valence-electron chi connectivity index (χ1n) is 11.9. The van der Waals surface area contributed by atoms with E-state index in [2.05, 4.69) is 11.0 Å². The Kier molecular flexibility index (Phi) is 7.81. The van der Waals surface area contributed by atoms with Crippen molar-refractivity contribution in [3.63, 3.8) is 0 Å². The van der Waals surface area contributed by atoms with Crippen LogP contribution in [0.4, 0.5) is 5.00 Å². The lowest BCUT2D eigenvalue weighted by molar-refractivity contribution is -0.117. The summed E-state index contributed by atoms with van der Waals surface area (Å²) in [6, 6.07) is 6.78. The number of hydrogen-bond acceptors (Lipinski definition) is 7. The molecule has 1 aliphatic heterocycles. The number of amides is 1. The van der Waals surface area contributed by atoms with Crippen molar-refractivity contribution in [3.8, 4) is 11.8 Å². The van der Waals surface area contributed by atoms with Crippen LogP contribution in [-0.4, -0.2) is 46.5 Å². The minimum atomic E-state index is -3.93. The molecule has 2 heterocycles. The van der Waals surface area contributed by atoms with E-state index in [0.717, 1.165) is 37.5 Å². The van der Waals surface area contributed by atoms with Gasteiger partial charge in [-0.05, 0) is 42.9 Å². The van der Waals surface area contributed by atoms with Crippen molar-refractivity contribution >= 4 is 32.3 Å². The monoisotopic (exact) mass is 516 g/mol. The Bertz CT molecular complexity index is 1240. The molecule has 1 aromatic heterocycles. The number of methoxy groups -OCH3 is 1. The van der Waals surface area contributed by atoms with E-state index in [4.69, 9.17) is 9.88 Å². The summed E-state index contributed by atoms with van der Waals surface area (Å²) < 4.78 is 28.6. The van der Waals surface area contributed by atoms with E-state index in [1.165, 1.54) is 67.6 Å². The van der Waals surface area contributed by atoms with Crippen LogP contribution in [0.15, 0.2) is 23.1 Å². The molecular formula is C25H32N4O4S2. The molecule has 0 saturated heterocycles. The lowest BCUT2D eigenvalue weighted by Gasteiger charge is -2.32. The molecule has 0 atom stereocenters. The number of sulfonamides is 1.